The van der Waals surface area contributed by atoms with E-state index in [2.05, 4.69) is 48.6 Å². The van der Waals surface area contributed by atoms with Crippen LogP contribution in [-0.4, -0.2) is 42.6 Å². The summed E-state index contributed by atoms with van der Waals surface area (Å²) in [4.78, 5) is 7.05. The fourth-order valence-electron chi connectivity index (χ4n) is 3.33. The fourth-order valence-corrected chi connectivity index (χ4v) is 4.15. The third-order valence-corrected chi connectivity index (χ3v) is 5.39. The Kier molecular flexibility index (Phi) is 4.41. The highest BCUT2D eigenvalue weighted by Crippen LogP contribution is 2.37. The summed E-state index contributed by atoms with van der Waals surface area (Å²) < 4.78 is 0. The van der Waals surface area contributed by atoms with E-state index in [0.717, 1.165) is 12.1 Å². The van der Waals surface area contributed by atoms with Gasteiger partial charge in [0.25, 0.3) is 0 Å². The average molecular weight is 267 g/mol. The molecule has 1 atom stereocenters. The van der Waals surface area contributed by atoms with Crippen molar-refractivity contribution in [2.24, 2.45) is 0 Å². The van der Waals surface area contributed by atoms with Crippen molar-refractivity contribution < 1.29 is 0 Å². The van der Waals surface area contributed by atoms with E-state index >= 15 is 0 Å². The van der Waals surface area contributed by atoms with Gasteiger partial charge in [0.2, 0.25) is 0 Å². The molecule has 1 unspecified atom stereocenters. The standard InChI is InChI=1S/C14H25N3S/c1-11-10-18-13(16-11)9-12(15-2)14(17(3)4)7-5-6-8-14/h10,12,15H,5-9H2,1-4H3. The molecular weight excluding hydrogens is 242 g/mol. The van der Waals surface area contributed by atoms with Crippen molar-refractivity contribution in [3.63, 3.8) is 0 Å². The second-order valence-corrected chi connectivity index (χ2v) is 6.58. The molecule has 1 aliphatic rings. The third-order valence-electron chi connectivity index (χ3n) is 4.40. The van der Waals surface area contributed by atoms with Gasteiger partial charge in [0, 0.05) is 29.1 Å². The van der Waals surface area contributed by atoms with Crippen LogP contribution >= 0.6 is 11.3 Å². The van der Waals surface area contributed by atoms with E-state index in [1.54, 1.807) is 11.3 Å². The van der Waals surface area contributed by atoms with E-state index in [1.165, 1.54) is 30.7 Å². The molecule has 2 rings (SSSR count). The number of aryl methyl sites for hydroxylation is 1. The highest BCUT2D eigenvalue weighted by Gasteiger charge is 2.42. The summed E-state index contributed by atoms with van der Waals surface area (Å²) in [5.41, 5.74) is 1.46. The lowest BCUT2D eigenvalue weighted by Gasteiger charge is -2.43. The maximum atomic E-state index is 4.62. The van der Waals surface area contributed by atoms with E-state index in [-0.39, 0.29) is 0 Å². The van der Waals surface area contributed by atoms with Gasteiger partial charge in [-0.1, -0.05) is 12.8 Å². The Morgan fingerprint density at radius 2 is 2.11 bits per heavy atom. The molecule has 0 bridgehead atoms. The largest absolute Gasteiger partial charge is 0.315 e. The molecule has 102 valence electrons. The zero-order chi connectivity index (χ0) is 13.2. The van der Waals surface area contributed by atoms with E-state index in [1.807, 2.05) is 0 Å². The van der Waals surface area contributed by atoms with Crippen LogP contribution in [0.25, 0.3) is 0 Å². The van der Waals surface area contributed by atoms with Gasteiger partial charge in [0.1, 0.15) is 0 Å². The van der Waals surface area contributed by atoms with Crippen molar-refractivity contribution in [2.45, 2.75) is 50.6 Å². The molecule has 0 amide bonds. The SMILES string of the molecule is CNC(Cc1nc(C)cs1)C1(N(C)C)CCCC1. The molecule has 3 nitrogen and oxygen atoms in total. The maximum Gasteiger partial charge on any atom is 0.0944 e. The van der Waals surface area contributed by atoms with Gasteiger partial charge in [-0.25, -0.2) is 4.98 Å². The summed E-state index contributed by atoms with van der Waals surface area (Å²) in [6.07, 6.45) is 6.36. The maximum absolute atomic E-state index is 4.62. The Bertz CT molecular complexity index is 380. The number of nitrogens with one attached hydrogen (secondary N) is 1. The summed E-state index contributed by atoms with van der Waals surface area (Å²) in [6.45, 7) is 2.08. The summed E-state index contributed by atoms with van der Waals surface area (Å²) >= 11 is 1.79. The normalized spacial score (nSPS) is 20.5. The number of hydrogen-bond acceptors (Lipinski definition) is 4. The van der Waals surface area contributed by atoms with Crippen LogP contribution in [0.3, 0.4) is 0 Å². The second kappa shape index (κ2) is 5.68. The number of aromatic nitrogens is 1. The van der Waals surface area contributed by atoms with E-state index in [4.69, 9.17) is 0 Å². The Balaban J connectivity index is 2.16. The van der Waals surface area contributed by atoms with Gasteiger partial charge < -0.3 is 10.2 Å². The Labute approximate surface area is 115 Å². The summed E-state index contributed by atoms with van der Waals surface area (Å²) in [5, 5.41) is 6.96. The van der Waals surface area contributed by atoms with E-state index in [9.17, 15) is 0 Å². The topological polar surface area (TPSA) is 28.2 Å². The van der Waals surface area contributed by atoms with Gasteiger partial charge in [-0.3, -0.25) is 0 Å². The summed E-state index contributed by atoms with van der Waals surface area (Å²) in [6, 6.07) is 0.501. The quantitative estimate of drug-likeness (QED) is 0.888. The molecule has 0 saturated heterocycles. The van der Waals surface area contributed by atoms with Crippen LogP contribution < -0.4 is 5.32 Å². The highest BCUT2D eigenvalue weighted by molar-refractivity contribution is 7.09. The number of rotatable bonds is 5. The predicted octanol–water partition coefficient (Wildman–Crippen LogP) is 2.46. The summed E-state index contributed by atoms with van der Waals surface area (Å²) in [7, 11) is 6.54. The molecule has 1 N–H and O–H groups in total. The van der Waals surface area contributed by atoms with Crippen molar-refractivity contribution in [2.75, 3.05) is 21.1 Å². The van der Waals surface area contributed by atoms with Gasteiger partial charge in [0.05, 0.1) is 5.01 Å². The van der Waals surface area contributed by atoms with Gasteiger partial charge in [-0.15, -0.1) is 11.3 Å². The molecule has 0 aromatic carbocycles. The number of likely N-dealkylation sites (N-methyl/N-ethyl adjacent to an activating group) is 2. The first kappa shape index (κ1) is 14.0. The molecule has 1 aromatic heterocycles. The lowest BCUT2D eigenvalue weighted by Crippen LogP contribution is -2.57. The first-order valence-corrected chi connectivity index (χ1v) is 7.72. The molecular formula is C14H25N3S. The lowest BCUT2D eigenvalue weighted by atomic mass is 9.85. The Morgan fingerprint density at radius 3 is 2.56 bits per heavy atom. The van der Waals surface area contributed by atoms with Crippen molar-refractivity contribution in [3.05, 3.63) is 16.1 Å². The minimum absolute atomic E-state index is 0.314. The van der Waals surface area contributed by atoms with Crippen LogP contribution in [0.1, 0.15) is 36.4 Å². The Morgan fingerprint density at radius 1 is 1.44 bits per heavy atom. The van der Waals surface area contributed by atoms with Gasteiger partial charge in [0.15, 0.2) is 0 Å². The van der Waals surface area contributed by atoms with Crippen LogP contribution in [-0.2, 0) is 6.42 Å². The van der Waals surface area contributed by atoms with Crippen LogP contribution in [0.5, 0.6) is 0 Å². The minimum Gasteiger partial charge on any atom is -0.315 e. The molecule has 1 saturated carbocycles. The molecule has 1 aliphatic carbocycles. The second-order valence-electron chi connectivity index (χ2n) is 5.63. The molecule has 1 fully saturated rings. The van der Waals surface area contributed by atoms with Crippen LogP contribution in [0.2, 0.25) is 0 Å². The molecule has 0 spiro atoms. The Hall–Kier alpha value is -0.450. The zero-order valence-electron chi connectivity index (χ0n) is 12.0. The van der Waals surface area contributed by atoms with Gasteiger partial charge in [-0.2, -0.15) is 0 Å². The van der Waals surface area contributed by atoms with Gasteiger partial charge >= 0.3 is 0 Å². The molecule has 0 aliphatic heterocycles. The monoisotopic (exact) mass is 267 g/mol. The molecule has 18 heavy (non-hydrogen) atoms. The molecule has 4 heteroatoms. The van der Waals surface area contributed by atoms with E-state index in [0.29, 0.717) is 11.6 Å². The lowest BCUT2D eigenvalue weighted by molar-refractivity contribution is 0.108. The van der Waals surface area contributed by atoms with Crippen LogP contribution in [0.4, 0.5) is 0 Å². The predicted molar refractivity (Wildman–Crippen MR) is 78.3 cm³/mol. The number of thiazole rings is 1. The van der Waals surface area contributed by atoms with E-state index < -0.39 is 0 Å². The van der Waals surface area contributed by atoms with Crippen molar-refractivity contribution in [3.8, 4) is 0 Å². The van der Waals surface area contributed by atoms with Crippen LogP contribution in [0.15, 0.2) is 5.38 Å². The first-order chi connectivity index (χ1) is 8.58. The average Bonchev–Trinajstić information content (AvgIpc) is 2.95. The number of hydrogen-bond donors (Lipinski definition) is 1. The zero-order valence-corrected chi connectivity index (χ0v) is 12.8. The van der Waals surface area contributed by atoms with Crippen molar-refractivity contribution in [1.29, 1.82) is 0 Å². The highest BCUT2D eigenvalue weighted by atomic mass is 32.1. The number of nitrogens with zero attached hydrogens (tertiary/aromatic N) is 2. The molecule has 1 aromatic rings. The van der Waals surface area contributed by atoms with Crippen molar-refractivity contribution >= 4 is 11.3 Å². The molecule has 1 heterocycles. The fraction of sp³-hybridized carbons (Fsp3) is 0.786. The minimum atomic E-state index is 0.314. The van der Waals surface area contributed by atoms with Crippen LogP contribution in [0, 0.1) is 6.92 Å². The summed E-state index contributed by atoms with van der Waals surface area (Å²) in [5.74, 6) is 0. The van der Waals surface area contributed by atoms with Crippen molar-refractivity contribution in [1.82, 2.24) is 15.2 Å². The molecule has 0 radical (unpaired) electrons. The smallest absolute Gasteiger partial charge is 0.0944 e. The van der Waals surface area contributed by atoms with Gasteiger partial charge in [-0.05, 0) is 40.9 Å². The third kappa shape index (κ3) is 2.60. The first-order valence-electron chi connectivity index (χ1n) is 6.84.